The molecule has 2 aromatic rings. The third-order valence-corrected chi connectivity index (χ3v) is 5.22. The van der Waals surface area contributed by atoms with Gasteiger partial charge in [-0.05, 0) is 60.5 Å². The number of carbonyl (C=O) groups excluding carboxylic acids is 1. The Morgan fingerprint density at radius 1 is 1.20 bits per heavy atom. The second-order valence-corrected chi connectivity index (χ2v) is 7.36. The minimum absolute atomic E-state index is 0.0242. The average Bonchev–Trinajstić information content (AvgIpc) is 3.37. The molecule has 25 heavy (non-hydrogen) atoms. The van der Waals surface area contributed by atoms with Gasteiger partial charge in [0.05, 0.1) is 21.7 Å². The summed E-state index contributed by atoms with van der Waals surface area (Å²) in [6, 6.07) is 14.8. The molecule has 0 radical (unpaired) electrons. The highest BCUT2D eigenvalue weighted by Crippen LogP contribution is 2.38. The van der Waals surface area contributed by atoms with Crippen LogP contribution < -0.4 is 4.90 Å². The summed E-state index contributed by atoms with van der Waals surface area (Å²) in [7, 11) is 0. The number of thioether (sulfide) groups is 1. The normalized spacial score (nSPS) is 20.7. The first-order valence-corrected chi connectivity index (χ1v) is 9.16. The Morgan fingerprint density at radius 2 is 1.96 bits per heavy atom. The Kier molecular flexibility index (Phi) is 4.27. The van der Waals surface area contributed by atoms with Crippen molar-refractivity contribution in [1.82, 2.24) is 0 Å². The topological polar surface area (TPSA) is 52.9 Å². The van der Waals surface area contributed by atoms with Crippen molar-refractivity contribution in [2.24, 2.45) is 4.99 Å². The number of carbonyl (C=O) groups is 1. The zero-order valence-electron chi connectivity index (χ0n) is 13.2. The van der Waals surface area contributed by atoms with Gasteiger partial charge in [0, 0.05) is 0 Å². The fraction of sp³-hybridized carbons (Fsp3) is 0.158. The van der Waals surface area contributed by atoms with Crippen LogP contribution in [-0.2, 0) is 4.79 Å². The number of hydrogen-bond acceptors (Lipinski definition) is 4. The molecule has 0 aromatic heterocycles. The maximum Gasteiger partial charge on any atom is 0.271 e. The van der Waals surface area contributed by atoms with Crippen molar-refractivity contribution in [2.75, 3.05) is 4.90 Å². The molecule has 126 valence electrons. The fourth-order valence-electron chi connectivity index (χ4n) is 2.49. The largest absolute Gasteiger partial charge is 0.506 e. The van der Waals surface area contributed by atoms with E-state index in [0.29, 0.717) is 10.9 Å². The van der Waals surface area contributed by atoms with E-state index < -0.39 is 0 Å². The Labute approximate surface area is 154 Å². The molecule has 2 aromatic carbocycles. The molecule has 1 N–H and O–H groups in total. The number of aliphatic imine (C=N–C) groups is 1. The highest BCUT2D eigenvalue weighted by molar-refractivity contribution is 8.19. The van der Waals surface area contributed by atoms with Crippen molar-refractivity contribution in [3.05, 3.63) is 64.0 Å². The molecular weight excluding hydrogens is 356 g/mol. The lowest BCUT2D eigenvalue weighted by Crippen LogP contribution is -2.29. The number of para-hydroxylation sites is 1. The zero-order chi connectivity index (χ0) is 17.4. The number of phenols is 1. The Bertz CT molecular complexity index is 892. The second kappa shape index (κ2) is 6.58. The fourth-order valence-corrected chi connectivity index (χ4v) is 3.73. The average molecular weight is 371 g/mol. The molecule has 0 bridgehead atoms. The summed E-state index contributed by atoms with van der Waals surface area (Å²) < 4.78 is 0. The molecule has 1 aliphatic heterocycles. The summed E-state index contributed by atoms with van der Waals surface area (Å²) in [6.45, 7) is 0. The second-order valence-electron chi connectivity index (χ2n) is 5.94. The molecular formula is C19H15ClN2O2S. The van der Waals surface area contributed by atoms with Gasteiger partial charge >= 0.3 is 0 Å². The van der Waals surface area contributed by atoms with Crippen molar-refractivity contribution in [3.8, 4) is 5.75 Å². The molecule has 1 amide bonds. The molecule has 1 aliphatic carbocycles. The summed E-state index contributed by atoms with van der Waals surface area (Å²) in [6.07, 6.45) is 3.94. The van der Waals surface area contributed by atoms with Crippen LogP contribution in [0.1, 0.15) is 18.4 Å². The molecule has 4 rings (SSSR count). The number of aromatic hydroxyl groups is 1. The van der Waals surface area contributed by atoms with E-state index in [2.05, 4.69) is 0 Å². The van der Waals surface area contributed by atoms with Crippen molar-refractivity contribution < 1.29 is 9.90 Å². The van der Waals surface area contributed by atoms with E-state index in [0.717, 1.165) is 29.3 Å². The van der Waals surface area contributed by atoms with Crippen LogP contribution >= 0.6 is 23.4 Å². The van der Waals surface area contributed by atoms with Crippen molar-refractivity contribution in [1.29, 1.82) is 0 Å². The number of hydrogen-bond donors (Lipinski definition) is 1. The summed E-state index contributed by atoms with van der Waals surface area (Å²) in [5.74, 6) is -0.0732. The molecule has 4 nitrogen and oxygen atoms in total. The minimum atomic E-state index is -0.0974. The van der Waals surface area contributed by atoms with Crippen LogP contribution in [0.15, 0.2) is 58.4 Å². The van der Waals surface area contributed by atoms with Gasteiger partial charge in [0.25, 0.3) is 5.91 Å². The Balaban J connectivity index is 1.71. The monoisotopic (exact) mass is 370 g/mol. The van der Waals surface area contributed by atoms with Crippen LogP contribution in [0.25, 0.3) is 6.08 Å². The van der Waals surface area contributed by atoms with Crippen LogP contribution in [0.4, 0.5) is 5.69 Å². The summed E-state index contributed by atoms with van der Waals surface area (Å²) >= 11 is 7.34. The molecule has 2 aliphatic rings. The number of phenolic OH excluding ortho intramolecular Hbond substituents is 1. The molecule has 2 fully saturated rings. The van der Waals surface area contributed by atoms with Crippen LogP contribution in [-0.4, -0.2) is 22.2 Å². The predicted molar refractivity (Wildman–Crippen MR) is 103 cm³/mol. The van der Waals surface area contributed by atoms with Gasteiger partial charge in [-0.15, -0.1) is 0 Å². The molecule has 0 unspecified atom stereocenters. The van der Waals surface area contributed by atoms with E-state index in [1.54, 1.807) is 23.1 Å². The zero-order valence-corrected chi connectivity index (χ0v) is 14.8. The predicted octanol–water partition coefficient (Wildman–Crippen LogP) is 4.68. The number of halogens is 1. The first-order valence-electron chi connectivity index (χ1n) is 7.97. The van der Waals surface area contributed by atoms with Crippen LogP contribution in [0, 0.1) is 0 Å². The van der Waals surface area contributed by atoms with Gasteiger partial charge in [-0.25, -0.2) is 0 Å². The number of amides is 1. The van der Waals surface area contributed by atoms with Crippen molar-refractivity contribution >= 4 is 46.2 Å². The van der Waals surface area contributed by atoms with Crippen LogP contribution in [0.2, 0.25) is 5.02 Å². The lowest BCUT2D eigenvalue weighted by atomic mass is 10.2. The van der Waals surface area contributed by atoms with Gasteiger partial charge in [0.2, 0.25) is 0 Å². The summed E-state index contributed by atoms with van der Waals surface area (Å²) in [5.41, 5.74) is 1.57. The van der Waals surface area contributed by atoms with Crippen LogP contribution in [0.5, 0.6) is 5.75 Å². The highest BCUT2D eigenvalue weighted by atomic mass is 35.5. The number of amidine groups is 1. The standard InChI is InChI=1S/C19H15ClN2O2S/c20-15-10-12(6-9-16(15)23)11-17-18(24)22(14-4-2-1-3-5-14)19(25-17)21-13-7-8-13/h1-6,9-11,13,23H,7-8H2/b17-11-,21-19?. The summed E-state index contributed by atoms with van der Waals surface area (Å²) in [5, 5.41) is 10.5. The number of rotatable bonds is 3. The smallest absolute Gasteiger partial charge is 0.271 e. The van der Waals surface area contributed by atoms with Crippen molar-refractivity contribution in [3.63, 3.8) is 0 Å². The van der Waals surface area contributed by atoms with Gasteiger partial charge in [-0.2, -0.15) is 0 Å². The highest BCUT2D eigenvalue weighted by Gasteiger charge is 2.36. The molecule has 1 saturated heterocycles. The Morgan fingerprint density at radius 3 is 2.64 bits per heavy atom. The number of anilines is 1. The molecule has 1 heterocycles. The minimum Gasteiger partial charge on any atom is -0.506 e. The van der Waals surface area contributed by atoms with Gasteiger partial charge in [0.1, 0.15) is 5.75 Å². The van der Waals surface area contributed by atoms with Gasteiger partial charge in [-0.3, -0.25) is 14.7 Å². The van der Waals surface area contributed by atoms with E-state index in [1.165, 1.54) is 17.8 Å². The lowest BCUT2D eigenvalue weighted by Gasteiger charge is -2.15. The van der Waals surface area contributed by atoms with Crippen molar-refractivity contribution in [2.45, 2.75) is 18.9 Å². The quantitative estimate of drug-likeness (QED) is 0.798. The van der Waals surface area contributed by atoms with E-state index in [1.807, 2.05) is 30.3 Å². The third-order valence-electron chi connectivity index (χ3n) is 3.93. The number of nitrogens with zero attached hydrogens (tertiary/aromatic N) is 2. The SMILES string of the molecule is O=C1/C(=C/c2ccc(O)c(Cl)c2)SC(=NC2CC2)N1c1ccccc1. The molecule has 6 heteroatoms. The first kappa shape index (κ1) is 16.2. The summed E-state index contributed by atoms with van der Waals surface area (Å²) in [4.78, 5) is 19.9. The van der Waals surface area contributed by atoms with E-state index in [-0.39, 0.29) is 16.7 Å². The maximum absolute atomic E-state index is 12.9. The van der Waals surface area contributed by atoms with Crippen LogP contribution in [0.3, 0.4) is 0 Å². The van der Waals surface area contributed by atoms with E-state index in [4.69, 9.17) is 16.6 Å². The third kappa shape index (κ3) is 3.43. The lowest BCUT2D eigenvalue weighted by molar-refractivity contribution is -0.113. The Hall–Kier alpha value is -2.24. The van der Waals surface area contributed by atoms with Gasteiger partial charge < -0.3 is 5.11 Å². The van der Waals surface area contributed by atoms with E-state index >= 15 is 0 Å². The molecule has 1 saturated carbocycles. The maximum atomic E-state index is 12.9. The first-order chi connectivity index (χ1) is 12.1. The molecule has 0 atom stereocenters. The molecule has 0 spiro atoms. The number of benzene rings is 2. The van der Waals surface area contributed by atoms with Gasteiger partial charge in [-0.1, -0.05) is 35.9 Å². The van der Waals surface area contributed by atoms with E-state index in [9.17, 15) is 9.90 Å². The van der Waals surface area contributed by atoms with Gasteiger partial charge in [0.15, 0.2) is 5.17 Å².